The molecule has 12 heteroatoms. The Balaban J connectivity index is 1.46. The van der Waals surface area contributed by atoms with Gasteiger partial charge in [-0.25, -0.2) is 4.79 Å². The van der Waals surface area contributed by atoms with Crippen LogP contribution in [-0.2, 0) is 41.6 Å². The third-order valence-electron chi connectivity index (χ3n) is 8.49. The lowest BCUT2D eigenvalue weighted by Gasteiger charge is -2.33. The summed E-state index contributed by atoms with van der Waals surface area (Å²) in [5.74, 6) is -0.169. The van der Waals surface area contributed by atoms with E-state index in [9.17, 15) is 41.0 Å². The van der Waals surface area contributed by atoms with E-state index >= 15 is 0 Å². The van der Waals surface area contributed by atoms with Crippen molar-refractivity contribution in [2.75, 3.05) is 13.2 Å². The van der Waals surface area contributed by atoms with Gasteiger partial charge in [0.1, 0.15) is 11.3 Å². The van der Waals surface area contributed by atoms with Crippen molar-refractivity contribution >= 4 is 11.9 Å². The first kappa shape index (κ1) is 33.6. The molecule has 6 nitrogen and oxygen atoms in total. The highest BCUT2D eigenvalue weighted by Crippen LogP contribution is 2.51. The van der Waals surface area contributed by atoms with Gasteiger partial charge in [-0.2, -0.15) is 26.3 Å². The molecule has 2 aromatic carbocycles. The zero-order chi connectivity index (χ0) is 32.5. The Morgan fingerprint density at radius 2 is 1.50 bits per heavy atom. The Kier molecular flexibility index (Phi) is 9.63. The summed E-state index contributed by atoms with van der Waals surface area (Å²) in [6.45, 7) is 5.30. The number of ether oxygens (including phenoxy) is 1. The summed E-state index contributed by atoms with van der Waals surface area (Å²) in [4.78, 5) is 27.3. The number of aryl methyl sites for hydroxylation is 4. The molecule has 4 rings (SSSR count). The maximum atomic E-state index is 13.6. The average molecular weight is 629 g/mol. The summed E-state index contributed by atoms with van der Waals surface area (Å²) in [7, 11) is 0. The van der Waals surface area contributed by atoms with Crippen LogP contribution in [0.2, 0.25) is 0 Å². The average Bonchev–Trinajstić information content (AvgIpc) is 3.50. The summed E-state index contributed by atoms with van der Waals surface area (Å²) in [5, 5.41) is 12.8. The maximum absolute atomic E-state index is 13.6. The molecule has 3 amide bonds. The van der Waals surface area contributed by atoms with Gasteiger partial charge in [-0.3, -0.25) is 9.69 Å². The van der Waals surface area contributed by atoms with Gasteiger partial charge in [-0.05, 0) is 91.8 Å². The van der Waals surface area contributed by atoms with E-state index in [1.165, 1.54) is 11.1 Å². The highest BCUT2D eigenvalue weighted by Gasteiger charge is 2.71. The van der Waals surface area contributed by atoms with E-state index < -0.39 is 35.1 Å². The SMILES string of the molecule is CCCc1cc(C(O)(C(F)(F)F)C(F)(F)F)cc(CCC)c1OCCCCN1C(=O)NC(C)(c2ccc3c(c2)CCC3)C1=O. The molecule has 2 aliphatic rings. The number of aliphatic hydroxyl groups is 1. The minimum absolute atomic E-state index is 0.0569. The fraction of sp³-hybridized carbons (Fsp3) is 0.562. The van der Waals surface area contributed by atoms with Crippen LogP contribution in [0.5, 0.6) is 5.75 Å². The number of imide groups is 1. The first-order valence-corrected chi connectivity index (χ1v) is 15.0. The van der Waals surface area contributed by atoms with Crippen LogP contribution < -0.4 is 10.1 Å². The number of hydrogen-bond donors (Lipinski definition) is 2. The molecule has 1 saturated heterocycles. The first-order valence-electron chi connectivity index (χ1n) is 15.0. The fourth-order valence-corrected chi connectivity index (χ4v) is 6.07. The molecule has 44 heavy (non-hydrogen) atoms. The first-order chi connectivity index (χ1) is 20.6. The second-order valence-electron chi connectivity index (χ2n) is 11.7. The summed E-state index contributed by atoms with van der Waals surface area (Å²) in [5.41, 5.74) is -4.07. The number of nitrogens with zero attached hydrogens (tertiary/aromatic N) is 1. The molecule has 1 unspecified atom stereocenters. The number of carbonyl (C=O) groups is 2. The number of amides is 3. The molecular weight excluding hydrogens is 590 g/mol. The molecule has 1 atom stereocenters. The number of nitrogens with one attached hydrogen (secondary N) is 1. The van der Waals surface area contributed by atoms with Gasteiger partial charge < -0.3 is 15.2 Å². The molecule has 2 aromatic rings. The normalized spacial score (nSPS) is 19.0. The van der Waals surface area contributed by atoms with E-state index in [2.05, 4.69) is 5.32 Å². The Morgan fingerprint density at radius 1 is 0.909 bits per heavy atom. The van der Waals surface area contributed by atoms with Gasteiger partial charge in [0.2, 0.25) is 0 Å². The van der Waals surface area contributed by atoms with Crippen LogP contribution in [0, 0.1) is 0 Å². The van der Waals surface area contributed by atoms with Gasteiger partial charge in [-0.15, -0.1) is 0 Å². The molecule has 0 bridgehead atoms. The number of alkyl halides is 6. The zero-order valence-electron chi connectivity index (χ0n) is 25.1. The van der Waals surface area contributed by atoms with Gasteiger partial charge in [0.15, 0.2) is 0 Å². The Morgan fingerprint density at radius 3 is 2.07 bits per heavy atom. The largest absolute Gasteiger partial charge is 0.493 e. The number of rotatable bonds is 12. The van der Waals surface area contributed by atoms with Crippen molar-refractivity contribution in [3.8, 4) is 5.75 Å². The van der Waals surface area contributed by atoms with Crippen LogP contribution >= 0.6 is 0 Å². The lowest BCUT2D eigenvalue weighted by Crippen LogP contribution is -2.54. The molecule has 0 radical (unpaired) electrons. The molecule has 1 fully saturated rings. The second kappa shape index (κ2) is 12.6. The number of benzene rings is 2. The number of urea groups is 1. The summed E-state index contributed by atoms with van der Waals surface area (Å²) < 4.78 is 87.7. The predicted octanol–water partition coefficient (Wildman–Crippen LogP) is 7.02. The van der Waals surface area contributed by atoms with Crippen molar-refractivity contribution in [1.82, 2.24) is 10.2 Å². The summed E-state index contributed by atoms with van der Waals surface area (Å²) >= 11 is 0. The van der Waals surface area contributed by atoms with E-state index in [4.69, 9.17) is 4.74 Å². The number of carbonyl (C=O) groups excluding carboxylic acids is 2. The highest BCUT2D eigenvalue weighted by molar-refractivity contribution is 6.07. The van der Waals surface area contributed by atoms with Crippen LogP contribution in [0.4, 0.5) is 31.1 Å². The molecule has 242 valence electrons. The Bertz CT molecular complexity index is 1350. The van der Waals surface area contributed by atoms with Gasteiger partial charge in [0, 0.05) is 12.1 Å². The molecule has 0 saturated carbocycles. The minimum atomic E-state index is -5.99. The lowest BCUT2D eigenvalue weighted by molar-refractivity contribution is -0.376. The molecular formula is C32H38F6N2O4. The van der Waals surface area contributed by atoms with Crippen molar-refractivity contribution in [3.63, 3.8) is 0 Å². The van der Waals surface area contributed by atoms with E-state index in [0.717, 1.165) is 41.9 Å². The fourth-order valence-electron chi connectivity index (χ4n) is 6.07. The summed E-state index contributed by atoms with van der Waals surface area (Å²) in [6.07, 6.45) is -7.18. The Hall–Kier alpha value is -3.28. The van der Waals surface area contributed by atoms with E-state index in [-0.39, 0.29) is 48.8 Å². The molecule has 2 N–H and O–H groups in total. The van der Waals surface area contributed by atoms with Gasteiger partial charge in [0.05, 0.1) is 6.61 Å². The van der Waals surface area contributed by atoms with Gasteiger partial charge in [-0.1, -0.05) is 44.9 Å². The molecule has 0 aromatic heterocycles. The Labute approximate surface area is 252 Å². The van der Waals surface area contributed by atoms with Crippen molar-refractivity contribution in [1.29, 1.82) is 0 Å². The van der Waals surface area contributed by atoms with Crippen LogP contribution in [-0.4, -0.2) is 47.4 Å². The zero-order valence-corrected chi connectivity index (χ0v) is 25.1. The highest BCUT2D eigenvalue weighted by atomic mass is 19.4. The van der Waals surface area contributed by atoms with Crippen LogP contribution in [0.25, 0.3) is 0 Å². The summed E-state index contributed by atoms with van der Waals surface area (Å²) in [6, 6.07) is 6.80. The van der Waals surface area contributed by atoms with Crippen molar-refractivity contribution in [3.05, 3.63) is 63.7 Å². The molecule has 1 aliphatic heterocycles. The van der Waals surface area contributed by atoms with Gasteiger partial charge >= 0.3 is 18.4 Å². The third kappa shape index (κ3) is 6.14. The third-order valence-corrected chi connectivity index (χ3v) is 8.49. The monoisotopic (exact) mass is 628 g/mol. The molecule has 1 heterocycles. The van der Waals surface area contributed by atoms with Crippen LogP contribution in [0.3, 0.4) is 0 Å². The molecule has 0 spiro atoms. The number of hydrogen-bond acceptors (Lipinski definition) is 4. The van der Waals surface area contributed by atoms with Crippen molar-refractivity contribution in [2.45, 2.75) is 102 Å². The van der Waals surface area contributed by atoms with E-state index in [1.54, 1.807) is 20.8 Å². The number of unbranched alkanes of at least 4 members (excludes halogenated alkanes) is 1. The predicted molar refractivity (Wildman–Crippen MR) is 151 cm³/mol. The van der Waals surface area contributed by atoms with Crippen LogP contribution in [0.15, 0.2) is 30.3 Å². The quantitative estimate of drug-likeness (QED) is 0.151. The lowest BCUT2D eigenvalue weighted by atomic mass is 9.87. The minimum Gasteiger partial charge on any atom is -0.493 e. The topological polar surface area (TPSA) is 78.9 Å². The van der Waals surface area contributed by atoms with Gasteiger partial charge in [0.25, 0.3) is 11.5 Å². The second-order valence-corrected chi connectivity index (χ2v) is 11.7. The van der Waals surface area contributed by atoms with E-state index in [1.807, 2.05) is 18.2 Å². The molecule has 1 aliphatic carbocycles. The van der Waals surface area contributed by atoms with Crippen LogP contribution in [0.1, 0.15) is 86.3 Å². The smallest absolute Gasteiger partial charge is 0.430 e. The maximum Gasteiger partial charge on any atom is 0.430 e. The number of halogens is 6. The number of fused-ring (bicyclic) bond motifs is 1. The van der Waals surface area contributed by atoms with E-state index in [0.29, 0.717) is 25.7 Å². The van der Waals surface area contributed by atoms with Crippen molar-refractivity contribution in [2.24, 2.45) is 0 Å². The standard InChI is InChI=1S/C32H38F6N2O4/c1-4-9-22-18-25(30(43,31(33,34)35)32(36,37)38)19-23(10-5-2)26(22)44-16-7-6-15-40-27(41)29(3,39-28(40)42)24-14-13-20-11-8-12-21(20)17-24/h13-14,17-19,43H,4-12,15-16H2,1-3H3,(H,39,42). The van der Waals surface area contributed by atoms with Crippen molar-refractivity contribution < 1.29 is 45.8 Å².